The first kappa shape index (κ1) is 16.3. The van der Waals surface area contributed by atoms with Crippen molar-refractivity contribution in [2.45, 2.75) is 31.7 Å². The van der Waals surface area contributed by atoms with Gasteiger partial charge in [0.2, 0.25) is 0 Å². The summed E-state index contributed by atoms with van der Waals surface area (Å²) in [5.74, 6) is 3.93. The molecule has 138 valence electrons. The Labute approximate surface area is 158 Å². The van der Waals surface area contributed by atoms with Crippen molar-refractivity contribution in [3.8, 4) is 17.2 Å². The van der Waals surface area contributed by atoms with Crippen LogP contribution < -0.4 is 9.64 Å². The van der Waals surface area contributed by atoms with Crippen molar-refractivity contribution in [3.05, 3.63) is 54.0 Å². The molecule has 0 unspecified atom stereocenters. The lowest BCUT2D eigenvalue weighted by Crippen LogP contribution is -2.32. The van der Waals surface area contributed by atoms with Crippen LogP contribution in [-0.4, -0.2) is 34.8 Å². The molecule has 3 aromatic rings. The Morgan fingerprint density at radius 1 is 1.15 bits per heavy atom. The minimum Gasteiger partial charge on any atom is -0.497 e. The van der Waals surface area contributed by atoms with Crippen molar-refractivity contribution >= 4 is 5.82 Å². The lowest BCUT2D eigenvalue weighted by atomic mass is 10.1. The summed E-state index contributed by atoms with van der Waals surface area (Å²) in [6.07, 6.45) is 6.45. The molecule has 1 aliphatic carbocycles. The fourth-order valence-electron chi connectivity index (χ4n) is 4.26. The first-order chi connectivity index (χ1) is 13.3. The molecule has 1 aliphatic heterocycles. The van der Waals surface area contributed by atoms with E-state index in [1.54, 1.807) is 7.11 Å². The van der Waals surface area contributed by atoms with E-state index < -0.39 is 0 Å². The second-order valence-corrected chi connectivity index (χ2v) is 7.43. The number of aromatic nitrogens is 3. The Kier molecular flexibility index (Phi) is 4.03. The number of piperidine rings is 1. The molecule has 1 aromatic carbocycles. The van der Waals surface area contributed by atoms with Crippen LogP contribution in [0.25, 0.3) is 11.5 Å². The molecule has 0 amide bonds. The second kappa shape index (κ2) is 6.68. The summed E-state index contributed by atoms with van der Waals surface area (Å²) in [5.41, 5.74) is 1.97. The second-order valence-electron chi connectivity index (χ2n) is 7.43. The molecule has 2 bridgehead atoms. The molecular weight excluding hydrogens is 340 g/mol. The molecule has 2 aromatic heterocycles. The minimum atomic E-state index is 0.514. The first-order valence-corrected chi connectivity index (χ1v) is 9.47. The maximum absolute atomic E-state index is 5.44. The third-order valence-electron chi connectivity index (χ3n) is 5.69. The van der Waals surface area contributed by atoms with Crippen LogP contribution in [0.5, 0.6) is 5.75 Å². The lowest BCUT2D eigenvalue weighted by Gasteiger charge is -2.27. The summed E-state index contributed by atoms with van der Waals surface area (Å²) in [7, 11) is 1.66. The minimum absolute atomic E-state index is 0.514. The van der Waals surface area contributed by atoms with Gasteiger partial charge < -0.3 is 14.2 Å². The molecule has 0 N–H and O–H groups in total. The highest BCUT2D eigenvalue weighted by Crippen LogP contribution is 2.39. The van der Waals surface area contributed by atoms with Crippen LogP contribution >= 0.6 is 0 Å². The number of hydrogen-bond acceptors (Lipinski definition) is 6. The summed E-state index contributed by atoms with van der Waals surface area (Å²) in [5, 5.41) is 4.11. The van der Waals surface area contributed by atoms with Gasteiger partial charge in [-0.1, -0.05) is 17.3 Å². The summed E-state index contributed by atoms with van der Waals surface area (Å²) in [4.78, 5) is 11.6. The van der Waals surface area contributed by atoms with Gasteiger partial charge in [-0.3, -0.25) is 0 Å². The summed E-state index contributed by atoms with van der Waals surface area (Å²) in [6, 6.07) is 12.7. The highest BCUT2D eigenvalue weighted by Gasteiger charge is 2.38. The molecule has 1 saturated carbocycles. The summed E-state index contributed by atoms with van der Waals surface area (Å²) in [6.45, 7) is 1.14. The molecular formula is C21H22N4O2. The summed E-state index contributed by atoms with van der Waals surface area (Å²) < 4.78 is 10.6. The van der Waals surface area contributed by atoms with Gasteiger partial charge in [0.15, 0.2) is 5.82 Å². The normalized spacial score (nSPS) is 21.0. The van der Waals surface area contributed by atoms with Gasteiger partial charge in [-0.05, 0) is 55.0 Å². The van der Waals surface area contributed by atoms with Crippen LogP contribution in [0, 0.1) is 5.92 Å². The Bertz CT molecular complexity index is 920. The standard InChI is InChI=1S/C21H22N4O2/c1-26-18-7-3-14(4-8-18)11-19-23-21(27-24-19)16-5-9-20(22-12-16)25-13-15-2-6-17(25)10-15/h3-5,7-9,12,15,17H,2,6,10-11,13H2,1H3/t15-,17-/m1/s1. The molecule has 2 fully saturated rings. The number of pyridine rings is 1. The van der Waals surface area contributed by atoms with Crippen molar-refractivity contribution < 1.29 is 9.26 Å². The van der Waals surface area contributed by atoms with Gasteiger partial charge in [-0.25, -0.2) is 4.98 Å². The molecule has 0 radical (unpaired) electrons. The van der Waals surface area contributed by atoms with Crippen molar-refractivity contribution in [1.82, 2.24) is 15.1 Å². The van der Waals surface area contributed by atoms with E-state index in [9.17, 15) is 0 Å². The van der Waals surface area contributed by atoms with E-state index >= 15 is 0 Å². The van der Waals surface area contributed by atoms with Gasteiger partial charge in [0, 0.05) is 25.2 Å². The van der Waals surface area contributed by atoms with Crippen LogP contribution in [0.1, 0.15) is 30.7 Å². The van der Waals surface area contributed by atoms with E-state index in [2.05, 4.69) is 26.1 Å². The predicted molar refractivity (Wildman–Crippen MR) is 102 cm³/mol. The van der Waals surface area contributed by atoms with Crippen LogP contribution in [0.3, 0.4) is 0 Å². The highest BCUT2D eigenvalue weighted by atomic mass is 16.5. The molecule has 2 aliphatic rings. The Balaban J connectivity index is 1.29. The Morgan fingerprint density at radius 3 is 2.70 bits per heavy atom. The number of fused-ring (bicyclic) bond motifs is 2. The number of hydrogen-bond donors (Lipinski definition) is 0. The number of anilines is 1. The van der Waals surface area contributed by atoms with Crippen LogP contribution in [0.2, 0.25) is 0 Å². The zero-order valence-corrected chi connectivity index (χ0v) is 15.3. The fourth-order valence-corrected chi connectivity index (χ4v) is 4.26. The van der Waals surface area contributed by atoms with E-state index in [1.165, 1.54) is 19.3 Å². The monoisotopic (exact) mass is 362 g/mol. The Morgan fingerprint density at radius 2 is 2.04 bits per heavy atom. The van der Waals surface area contributed by atoms with Crippen LogP contribution in [0.15, 0.2) is 47.1 Å². The zero-order chi connectivity index (χ0) is 18.2. The van der Waals surface area contributed by atoms with E-state index in [0.29, 0.717) is 24.2 Å². The smallest absolute Gasteiger partial charge is 0.259 e. The van der Waals surface area contributed by atoms with E-state index in [0.717, 1.165) is 35.2 Å². The zero-order valence-electron chi connectivity index (χ0n) is 15.3. The van der Waals surface area contributed by atoms with E-state index in [-0.39, 0.29) is 0 Å². The third-order valence-corrected chi connectivity index (χ3v) is 5.69. The van der Waals surface area contributed by atoms with Gasteiger partial charge in [-0.2, -0.15) is 4.98 Å². The summed E-state index contributed by atoms with van der Waals surface area (Å²) >= 11 is 0. The SMILES string of the molecule is COc1ccc(Cc2noc(-c3ccc(N4C[C@@H]5CC[C@@H]4C5)nc3)n2)cc1. The molecule has 27 heavy (non-hydrogen) atoms. The van der Waals surface area contributed by atoms with E-state index in [1.807, 2.05) is 36.5 Å². The largest absolute Gasteiger partial charge is 0.497 e. The molecule has 6 nitrogen and oxygen atoms in total. The third kappa shape index (κ3) is 3.16. The predicted octanol–water partition coefficient (Wildman–Crippen LogP) is 3.72. The van der Waals surface area contributed by atoms with Gasteiger partial charge in [0.05, 0.1) is 12.7 Å². The number of rotatable bonds is 5. The average molecular weight is 362 g/mol. The maximum atomic E-state index is 5.44. The fraction of sp³-hybridized carbons (Fsp3) is 0.381. The van der Waals surface area contributed by atoms with E-state index in [4.69, 9.17) is 9.26 Å². The molecule has 3 heterocycles. The van der Waals surface area contributed by atoms with Crippen molar-refractivity contribution in [2.75, 3.05) is 18.6 Å². The number of benzene rings is 1. The molecule has 1 saturated heterocycles. The highest BCUT2D eigenvalue weighted by molar-refractivity contribution is 5.55. The van der Waals surface area contributed by atoms with Crippen molar-refractivity contribution in [1.29, 1.82) is 0 Å². The van der Waals surface area contributed by atoms with Crippen LogP contribution in [0.4, 0.5) is 5.82 Å². The number of ether oxygens (including phenoxy) is 1. The lowest BCUT2D eigenvalue weighted by molar-refractivity contribution is 0.414. The average Bonchev–Trinajstić information content (AvgIpc) is 3.46. The van der Waals surface area contributed by atoms with Gasteiger partial charge in [-0.15, -0.1) is 0 Å². The van der Waals surface area contributed by atoms with Gasteiger partial charge in [0.1, 0.15) is 11.6 Å². The van der Waals surface area contributed by atoms with Crippen molar-refractivity contribution in [2.24, 2.45) is 5.92 Å². The number of methoxy groups -OCH3 is 1. The number of nitrogens with zero attached hydrogens (tertiary/aromatic N) is 4. The molecule has 0 spiro atoms. The first-order valence-electron chi connectivity index (χ1n) is 9.47. The topological polar surface area (TPSA) is 64.3 Å². The Hall–Kier alpha value is -2.89. The maximum Gasteiger partial charge on any atom is 0.259 e. The quantitative estimate of drug-likeness (QED) is 0.689. The van der Waals surface area contributed by atoms with Crippen LogP contribution in [-0.2, 0) is 6.42 Å². The molecule has 6 heteroatoms. The van der Waals surface area contributed by atoms with Crippen molar-refractivity contribution in [3.63, 3.8) is 0 Å². The molecule has 5 rings (SSSR count). The van der Waals surface area contributed by atoms with Gasteiger partial charge in [0.25, 0.3) is 5.89 Å². The molecule has 2 atom stereocenters. The van der Waals surface area contributed by atoms with Gasteiger partial charge >= 0.3 is 0 Å².